The SMILES string of the molecule is O=C(CC(=O)Nc1cccc(Cl)c1Cl)NN=Cc1ccccc1OCc1ccccc1. The smallest absolute Gasteiger partial charge is 0.249 e. The topological polar surface area (TPSA) is 79.8 Å². The number of carbonyl (C=O) groups excluding carboxylic acids is 2. The van der Waals surface area contributed by atoms with Crippen molar-refractivity contribution in [1.29, 1.82) is 0 Å². The Labute approximate surface area is 189 Å². The number of halogens is 2. The highest BCUT2D eigenvalue weighted by atomic mass is 35.5. The van der Waals surface area contributed by atoms with Crippen molar-refractivity contribution in [2.75, 3.05) is 5.32 Å². The number of anilines is 1. The van der Waals surface area contributed by atoms with Crippen molar-refractivity contribution < 1.29 is 14.3 Å². The zero-order chi connectivity index (χ0) is 22.1. The van der Waals surface area contributed by atoms with Crippen LogP contribution in [-0.4, -0.2) is 18.0 Å². The number of amides is 2. The zero-order valence-corrected chi connectivity index (χ0v) is 17.9. The fourth-order valence-electron chi connectivity index (χ4n) is 2.61. The maximum absolute atomic E-state index is 12.0. The van der Waals surface area contributed by atoms with E-state index in [-0.39, 0.29) is 5.02 Å². The van der Waals surface area contributed by atoms with E-state index in [9.17, 15) is 9.59 Å². The molecule has 0 bridgehead atoms. The lowest BCUT2D eigenvalue weighted by Gasteiger charge is -2.09. The largest absolute Gasteiger partial charge is 0.488 e. The molecule has 2 amide bonds. The van der Waals surface area contributed by atoms with E-state index in [1.54, 1.807) is 18.2 Å². The van der Waals surface area contributed by atoms with Crippen LogP contribution in [0.1, 0.15) is 17.5 Å². The molecule has 0 unspecified atom stereocenters. The summed E-state index contributed by atoms with van der Waals surface area (Å²) < 4.78 is 5.84. The highest BCUT2D eigenvalue weighted by Gasteiger charge is 2.12. The summed E-state index contributed by atoms with van der Waals surface area (Å²) in [5, 5.41) is 6.98. The molecule has 0 aromatic heterocycles. The Hall–Kier alpha value is -3.35. The van der Waals surface area contributed by atoms with Crippen LogP contribution in [0.25, 0.3) is 0 Å². The lowest BCUT2D eigenvalue weighted by atomic mass is 10.2. The minimum atomic E-state index is -0.574. The third kappa shape index (κ3) is 6.84. The van der Waals surface area contributed by atoms with Crippen LogP contribution >= 0.6 is 23.2 Å². The normalized spacial score (nSPS) is 10.6. The average Bonchev–Trinajstić information content (AvgIpc) is 2.77. The Bertz CT molecular complexity index is 1090. The van der Waals surface area contributed by atoms with Gasteiger partial charge in [-0.2, -0.15) is 5.10 Å². The van der Waals surface area contributed by atoms with Crippen molar-refractivity contribution in [2.45, 2.75) is 13.0 Å². The van der Waals surface area contributed by atoms with E-state index < -0.39 is 18.2 Å². The van der Waals surface area contributed by atoms with Gasteiger partial charge < -0.3 is 10.1 Å². The molecule has 2 N–H and O–H groups in total. The van der Waals surface area contributed by atoms with Crippen LogP contribution in [0.4, 0.5) is 5.69 Å². The summed E-state index contributed by atoms with van der Waals surface area (Å²) in [5.74, 6) is -0.490. The predicted octanol–water partition coefficient (Wildman–Crippen LogP) is 5.05. The Kier molecular flexibility index (Phi) is 8.04. The van der Waals surface area contributed by atoms with Crippen molar-refractivity contribution in [1.82, 2.24) is 5.43 Å². The average molecular weight is 456 g/mol. The zero-order valence-electron chi connectivity index (χ0n) is 16.3. The Morgan fingerprint density at radius 2 is 1.65 bits per heavy atom. The molecule has 0 aliphatic heterocycles. The van der Waals surface area contributed by atoms with Crippen molar-refractivity contribution in [3.05, 3.63) is 94.0 Å². The summed E-state index contributed by atoms with van der Waals surface area (Å²) in [6.45, 7) is 0.407. The molecule has 0 heterocycles. The molecular formula is C23H19Cl2N3O3. The first-order chi connectivity index (χ1) is 15.0. The van der Waals surface area contributed by atoms with Gasteiger partial charge in [0.25, 0.3) is 0 Å². The Morgan fingerprint density at radius 1 is 0.903 bits per heavy atom. The van der Waals surface area contributed by atoms with Crippen LogP contribution in [0.3, 0.4) is 0 Å². The second-order valence-corrected chi connectivity index (χ2v) is 7.22. The Morgan fingerprint density at radius 3 is 2.45 bits per heavy atom. The highest BCUT2D eigenvalue weighted by Crippen LogP contribution is 2.29. The van der Waals surface area contributed by atoms with Crippen LogP contribution in [0.5, 0.6) is 5.75 Å². The van der Waals surface area contributed by atoms with Gasteiger partial charge in [0, 0.05) is 5.56 Å². The van der Waals surface area contributed by atoms with Crippen LogP contribution < -0.4 is 15.5 Å². The molecule has 0 radical (unpaired) electrons. The van der Waals surface area contributed by atoms with Crippen molar-refractivity contribution in [2.24, 2.45) is 5.10 Å². The minimum absolute atomic E-state index is 0.211. The van der Waals surface area contributed by atoms with Crippen LogP contribution in [0.2, 0.25) is 10.0 Å². The van der Waals surface area contributed by atoms with E-state index in [1.807, 2.05) is 54.6 Å². The lowest BCUT2D eigenvalue weighted by molar-refractivity contribution is -0.126. The van der Waals surface area contributed by atoms with Crippen LogP contribution in [-0.2, 0) is 16.2 Å². The van der Waals surface area contributed by atoms with Crippen LogP contribution in [0.15, 0.2) is 77.9 Å². The first-order valence-electron chi connectivity index (χ1n) is 9.34. The maximum atomic E-state index is 12.0. The summed E-state index contributed by atoms with van der Waals surface area (Å²) in [6.07, 6.45) is 1.04. The molecular weight excluding hydrogens is 437 g/mol. The molecule has 8 heteroatoms. The molecule has 6 nitrogen and oxygen atoms in total. The molecule has 3 aromatic rings. The summed E-state index contributed by atoms with van der Waals surface area (Å²) in [6, 6.07) is 21.9. The summed E-state index contributed by atoms with van der Waals surface area (Å²) >= 11 is 11.9. The number of nitrogens with zero attached hydrogens (tertiary/aromatic N) is 1. The van der Waals surface area contributed by atoms with Gasteiger partial charge in [0.2, 0.25) is 11.8 Å². The molecule has 0 aliphatic rings. The number of carbonyl (C=O) groups is 2. The quantitative estimate of drug-likeness (QED) is 0.283. The van der Waals surface area contributed by atoms with E-state index in [2.05, 4.69) is 15.8 Å². The number of rotatable bonds is 8. The maximum Gasteiger partial charge on any atom is 0.249 e. The first-order valence-corrected chi connectivity index (χ1v) is 10.1. The van der Waals surface area contributed by atoms with E-state index >= 15 is 0 Å². The van der Waals surface area contributed by atoms with Gasteiger partial charge in [-0.3, -0.25) is 9.59 Å². The highest BCUT2D eigenvalue weighted by molar-refractivity contribution is 6.44. The molecule has 3 aromatic carbocycles. The molecule has 0 spiro atoms. The van der Waals surface area contributed by atoms with Gasteiger partial charge >= 0.3 is 0 Å². The van der Waals surface area contributed by atoms with E-state index in [0.717, 1.165) is 5.56 Å². The van der Waals surface area contributed by atoms with Gasteiger partial charge in [-0.25, -0.2) is 5.43 Å². The molecule has 0 saturated heterocycles. The van der Waals surface area contributed by atoms with Gasteiger partial charge in [0.1, 0.15) is 18.8 Å². The molecule has 0 saturated carbocycles. The molecule has 0 fully saturated rings. The fourth-order valence-corrected chi connectivity index (χ4v) is 2.96. The van der Waals surface area contributed by atoms with Crippen LogP contribution in [0, 0.1) is 0 Å². The number of benzene rings is 3. The van der Waals surface area contributed by atoms with Gasteiger partial charge in [0.15, 0.2) is 0 Å². The second kappa shape index (κ2) is 11.2. The van der Waals surface area contributed by atoms with Crippen molar-refractivity contribution in [3.63, 3.8) is 0 Å². The first kappa shape index (κ1) is 22.3. The van der Waals surface area contributed by atoms with Gasteiger partial charge in [-0.05, 0) is 29.8 Å². The summed E-state index contributed by atoms with van der Waals surface area (Å²) in [7, 11) is 0. The molecule has 0 atom stereocenters. The number of hydrogen-bond acceptors (Lipinski definition) is 4. The van der Waals surface area contributed by atoms with E-state index in [4.69, 9.17) is 27.9 Å². The number of hydrazone groups is 1. The van der Waals surface area contributed by atoms with E-state index in [1.165, 1.54) is 6.21 Å². The monoisotopic (exact) mass is 455 g/mol. The molecule has 3 rings (SSSR count). The third-order valence-electron chi connectivity index (χ3n) is 4.10. The van der Waals surface area contributed by atoms with Gasteiger partial charge in [0.05, 0.1) is 21.9 Å². The minimum Gasteiger partial charge on any atom is -0.488 e. The summed E-state index contributed by atoms with van der Waals surface area (Å²) in [5.41, 5.74) is 4.39. The molecule has 158 valence electrons. The number of nitrogens with one attached hydrogen (secondary N) is 2. The lowest BCUT2D eigenvalue weighted by Crippen LogP contribution is -2.24. The third-order valence-corrected chi connectivity index (χ3v) is 4.91. The van der Waals surface area contributed by atoms with E-state index in [0.29, 0.717) is 28.6 Å². The van der Waals surface area contributed by atoms with Gasteiger partial charge in [-0.1, -0.05) is 71.7 Å². The number of ether oxygens (including phenoxy) is 1. The molecule has 0 aliphatic carbocycles. The number of para-hydroxylation sites is 1. The predicted molar refractivity (Wildman–Crippen MR) is 123 cm³/mol. The standard InChI is InChI=1S/C23H19Cl2N3O3/c24-18-10-6-11-19(23(18)25)27-21(29)13-22(30)28-26-14-17-9-4-5-12-20(17)31-15-16-7-2-1-3-8-16/h1-12,14H,13,15H2,(H,27,29)(H,28,30). The fraction of sp³-hybridized carbons (Fsp3) is 0.0870. The second-order valence-electron chi connectivity index (χ2n) is 6.43. The number of hydrogen-bond donors (Lipinski definition) is 2. The van der Waals surface area contributed by atoms with Crippen molar-refractivity contribution >= 4 is 46.9 Å². The van der Waals surface area contributed by atoms with Gasteiger partial charge in [-0.15, -0.1) is 0 Å². The molecule has 31 heavy (non-hydrogen) atoms. The Balaban J connectivity index is 1.52. The van der Waals surface area contributed by atoms with Crippen molar-refractivity contribution in [3.8, 4) is 5.75 Å². The summed E-state index contributed by atoms with van der Waals surface area (Å²) in [4.78, 5) is 24.1.